The predicted octanol–water partition coefficient (Wildman–Crippen LogP) is 3.96. The van der Waals surface area contributed by atoms with Crippen molar-refractivity contribution in [3.05, 3.63) is 71.9 Å². The number of halogens is 2. The van der Waals surface area contributed by atoms with Crippen molar-refractivity contribution in [3.63, 3.8) is 0 Å². The maximum absolute atomic E-state index is 12.9. The molecule has 1 aliphatic rings. The van der Waals surface area contributed by atoms with Crippen molar-refractivity contribution in [2.24, 2.45) is 5.41 Å². The topological polar surface area (TPSA) is 113 Å². The smallest absolute Gasteiger partial charge is 0.387 e. The summed E-state index contributed by atoms with van der Waals surface area (Å²) in [6.45, 7) is -0.545. The Kier molecular flexibility index (Phi) is 6.94. The molecule has 0 atom stereocenters. The van der Waals surface area contributed by atoms with Crippen LogP contribution in [0.4, 0.5) is 14.7 Å². The minimum atomic E-state index is -2.91. The molecule has 9 nitrogen and oxygen atoms in total. The van der Waals surface area contributed by atoms with Gasteiger partial charge in [-0.3, -0.25) is 4.79 Å². The van der Waals surface area contributed by atoms with Crippen LogP contribution in [0.5, 0.6) is 5.75 Å². The van der Waals surface area contributed by atoms with Crippen LogP contribution in [0.3, 0.4) is 0 Å². The fourth-order valence-corrected chi connectivity index (χ4v) is 4.84. The first-order chi connectivity index (χ1) is 18.3. The number of carboxylic acid groups (broad SMARTS) is 1. The Labute approximate surface area is 217 Å². The van der Waals surface area contributed by atoms with E-state index in [2.05, 4.69) is 15.0 Å². The average molecular weight is 524 g/mol. The number of aliphatic carboxylic acids is 1. The summed E-state index contributed by atoms with van der Waals surface area (Å²) in [5.74, 6) is -0.346. The summed E-state index contributed by atoms with van der Waals surface area (Å²) in [6, 6.07) is 10.5. The van der Waals surface area contributed by atoms with Crippen molar-refractivity contribution in [2.75, 3.05) is 24.6 Å². The van der Waals surface area contributed by atoms with Crippen LogP contribution in [0.25, 0.3) is 16.8 Å². The van der Waals surface area contributed by atoms with Gasteiger partial charge < -0.3 is 24.3 Å². The van der Waals surface area contributed by atoms with E-state index < -0.39 is 18.0 Å². The van der Waals surface area contributed by atoms with E-state index in [9.17, 15) is 23.8 Å². The van der Waals surface area contributed by atoms with E-state index in [1.54, 1.807) is 30.6 Å². The Balaban J connectivity index is 1.38. The van der Waals surface area contributed by atoms with Crippen molar-refractivity contribution in [1.29, 1.82) is 0 Å². The number of hydrogen-bond donors (Lipinski definition) is 2. The summed E-state index contributed by atoms with van der Waals surface area (Å²) in [5.41, 5.74) is 3.51. The average Bonchev–Trinajstić information content (AvgIpc) is 3.23. The van der Waals surface area contributed by atoms with Gasteiger partial charge in [-0.1, -0.05) is 18.2 Å². The summed E-state index contributed by atoms with van der Waals surface area (Å²) in [4.78, 5) is 27.1. The number of carboxylic acids is 1. The van der Waals surface area contributed by atoms with Crippen LogP contribution in [0.2, 0.25) is 0 Å². The molecular weight excluding hydrogens is 496 g/mol. The Morgan fingerprint density at radius 3 is 2.47 bits per heavy atom. The number of aryl methyl sites for hydroxylation is 1. The number of piperidine rings is 1. The Morgan fingerprint density at radius 2 is 1.82 bits per heavy atom. The van der Waals surface area contributed by atoms with Gasteiger partial charge in [-0.25, -0.2) is 15.0 Å². The highest BCUT2D eigenvalue weighted by molar-refractivity contribution is 5.75. The lowest BCUT2D eigenvalue weighted by Gasteiger charge is -2.37. The summed E-state index contributed by atoms with van der Waals surface area (Å²) in [5, 5.41) is 19.1. The predicted molar refractivity (Wildman–Crippen MR) is 135 cm³/mol. The molecule has 4 aromatic rings. The fourth-order valence-electron chi connectivity index (χ4n) is 4.84. The van der Waals surface area contributed by atoms with Crippen LogP contribution in [0.15, 0.2) is 55.0 Å². The molecule has 0 aliphatic carbocycles. The van der Waals surface area contributed by atoms with Gasteiger partial charge in [0.15, 0.2) is 0 Å². The quantitative estimate of drug-likeness (QED) is 0.357. The Bertz CT molecular complexity index is 1450. The maximum atomic E-state index is 12.9. The second kappa shape index (κ2) is 10.3. The van der Waals surface area contributed by atoms with Crippen molar-refractivity contribution in [2.45, 2.75) is 32.8 Å². The molecule has 198 valence electrons. The molecule has 4 heterocycles. The molecule has 1 saturated heterocycles. The van der Waals surface area contributed by atoms with E-state index in [0.29, 0.717) is 43.9 Å². The third kappa shape index (κ3) is 4.89. The molecule has 5 rings (SSSR count). The van der Waals surface area contributed by atoms with Crippen LogP contribution in [0, 0.1) is 12.3 Å². The first-order valence-electron chi connectivity index (χ1n) is 12.2. The number of benzene rings is 1. The van der Waals surface area contributed by atoms with Gasteiger partial charge >= 0.3 is 12.6 Å². The number of nitrogens with zero attached hydrogens (tertiary/aromatic N) is 5. The molecule has 1 aliphatic heterocycles. The van der Waals surface area contributed by atoms with Crippen molar-refractivity contribution >= 4 is 17.6 Å². The number of alkyl halides is 2. The number of aromatic nitrogens is 4. The normalized spacial score (nSPS) is 15.2. The lowest BCUT2D eigenvalue weighted by Crippen LogP contribution is -2.47. The van der Waals surface area contributed by atoms with Gasteiger partial charge in [0, 0.05) is 60.5 Å². The second-order valence-electron chi connectivity index (χ2n) is 9.46. The molecule has 1 fully saturated rings. The van der Waals surface area contributed by atoms with E-state index in [4.69, 9.17) is 4.74 Å². The van der Waals surface area contributed by atoms with Crippen LogP contribution in [-0.4, -0.2) is 61.8 Å². The zero-order valence-corrected chi connectivity index (χ0v) is 20.7. The van der Waals surface area contributed by atoms with Crippen LogP contribution < -0.4 is 9.64 Å². The van der Waals surface area contributed by atoms with Crippen molar-refractivity contribution < 1.29 is 28.5 Å². The SMILES string of the molecule is Cc1nc2ccc(-c3cnc(N4CCC(CO)(C(=O)O)CC4)nc3)cn2c1Cc1ccccc1OC(F)F. The van der Waals surface area contributed by atoms with Gasteiger partial charge in [0.05, 0.1) is 17.7 Å². The highest BCUT2D eigenvalue weighted by Gasteiger charge is 2.41. The first kappa shape index (κ1) is 25.5. The number of ether oxygens (including phenoxy) is 1. The third-order valence-corrected chi connectivity index (χ3v) is 7.20. The Hall–Kier alpha value is -4.12. The number of aliphatic hydroxyl groups is 1. The van der Waals surface area contributed by atoms with Crippen LogP contribution in [0.1, 0.15) is 29.8 Å². The van der Waals surface area contributed by atoms with Gasteiger partial charge in [0.25, 0.3) is 0 Å². The monoisotopic (exact) mass is 523 g/mol. The number of fused-ring (bicyclic) bond motifs is 1. The molecule has 0 bridgehead atoms. The molecule has 1 aromatic carbocycles. The number of para-hydroxylation sites is 1. The maximum Gasteiger partial charge on any atom is 0.387 e. The van der Waals surface area contributed by atoms with Crippen molar-refractivity contribution in [3.8, 4) is 16.9 Å². The zero-order chi connectivity index (χ0) is 26.9. The number of aliphatic hydroxyl groups excluding tert-OH is 1. The number of anilines is 1. The summed E-state index contributed by atoms with van der Waals surface area (Å²) >= 11 is 0. The van der Waals surface area contributed by atoms with E-state index >= 15 is 0 Å². The molecule has 0 unspecified atom stereocenters. The fraction of sp³-hybridized carbons (Fsp3) is 0.333. The molecule has 11 heteroatoms. The number of carbonyl (C=O) groups is 1. The minimum absolute atomic E-state index is 0.134. The van der Waals surface area contributed by atoms with Gasteiger partial charge in [-0.05, 0) is 38.0 Å². The van der Waals surface area contributed by atoms with Gasteiger partial charge in [-0.2, -0.15) is 8.78 Å². The van der Waals surface area contributed by atoms with E-state index in [-0.39, 0.29) is 12.4 Å². The van der Waals surface area contributed by atoms with Crippen LogP contribution >= 0.6 is 0 Å². The molecule has 0 amide bonds. The summed E-state index contributed by atoms with van der Waals surface area (Å²) < 4.78 is 32.4. The van der Waals surface area contributed by atoms with E-state index in [0.717, 1.165) is 28.2 Å². The highest BCUT2D eigenvalue weighted by atomic mass is 19.3. The second-order valence-corrected chi connectivity index (χ2v) is 9.46. The highest BCUT2D eigenvalue weighted by Crippen LogP contribution is 2.33. The molecule has 0 spiro atoms. The first-order valence-corrected chi connectivity index (χ1v) is 12.2. The van der Waals surface area contributed by atoms with Gasteiger partial charge in [0.2, 0.25) is 5.95 Å². The van der Waals surface area contributed by atoms with Crippen LogP contribution in [-0.2, 0) is 11.2 Å². The number of imidazole rings is 1. The lowest BCUT2D eigenvalue weighted by molar-refractivity contribution is -0.153. The Morgan fingerprint density at radius 1 is 1.11 bits per heavy atom. The van der Waals surface area contributed by atoms with E-state index in [1.807, 2.05) is 34.6 Å². The number of rotatable bonds is 8. The number of hydrogen-bond acceptors (Lipinski definition) is 7. The third-order valence-electron chi connectivity index (χ3n) is 7.20. The molecule has 0 saturated carbocycles. The number of pyridine rings is 1. The minimum Gasteiger partial charge on any atom is -0.481 e. The van der Waals surface area contributed by atoms with E-state index in [1.165, 1.54) is 6.07 Å². The molecular formula is C27H27F2N5O4. The molecule has 3 aromatic heterocycles. The molecule has 0 radical (unpaired) electrons. The van der Waals surface area contributed by atoms with Crippen molar-refractivity contribution in [1.82, 2.24) is 19.4 Å². The van der Waals surface area contributed by atoms with Gasteiger partial charge in [0.1, 0.15) is 11.4 Å². The van der Waals surface area contributed by atoms with Gasteiger partial charge in [-0.15, -0.1) is 0 Å². The standard InChI is InChI=1S/C27H27F2N5O4/c1-17-21(12-18-4-2-3-5-22(18)38-25(28)29)34-15-19(6-7-23(34)32-17)20-13-30-26(31-14-20)33-10-8-27(16-35,9-11-33)24(36)37/h2-7,13-15,25,35H,8-12,16H2,1H3,(H,36,37). The largest absolute Gasteiger partial charge is 0.481 e. The lowest BCUT2D eigenvalue weighted by atomic mass is 9.79. The summed E-state index contributed by atoms with van der Waals surface area (Å²) in [7, 11) is 0. The zero-order valence-electron chi connectivity index (χ0n) is 20.7. The molecule has 2 N–H and O–H groups in total. The summed E-state index contributed by atoms with van der Waals surface area (Å²) in [6.07, 6.45) is 6.33. The molecule has 38 heavy (non-hydrogen) atoms.